The molecule has 1 aromatic carbocycles. The van der Waals surface area contributed by atoms with Crippen molar-refractivity contribution in [3.63, 3.8) is 0 Å². The number of hydrogen-bond acceptors (Lipinski definition) is 7. The van der Waals surface area contributed by atoms with Crippen molar-refractivity contribution >= 4 is 32.3 Å². The van der Waals surface area contributed by atoms with Crippen LogP contribution in [-0.2, 0) is 21.4 Å². The topological polar surface area (TPSA) is 106 Å². The third-order valence-electron chi connectivity index (χ3n) is 4.25. The van der Waals surface area contributed by atoms with Gasteiger partial charge in [-0.2, -0.15) is 0 Å². The van der Waals surface area contributed by atoms with Crippen LogP contribution in [-0.4, -0.2) is 25.2 Å². The molecular weight excluding hydrogens is 388 g/mol. The largest absolute Gasteiger partial charge is 0.472 e. The van der Waals surface area contributed by atoms with Gasteiger partial charge in [-0.25, -0.2) is 13.1 Å². The van der Waals surface area contributed by atoms with Crippen molar-refractivity contribution in [1.29, 1.82) is 0 Å². The van der Waals surface area contributed by atoms with Crippen LogP contribution in [0.15, 0.2) is 69.3 Å². The molecule has 9 heteroatoms. The van der Waals surface area contributed by atoms with Crippen molar-refractivity contribution < 1.29 is 22.5 Å². The highest BCUT2D eigenvalue weighted by molar-refractivity contribution is 7.88. The number of thiophene rings is 1. The molecule has 7 nitrogen and oxygen atoms in total. The predicted octanol–water partition coefficient (Wildman–Crippen LogP) is 2.84. The maximum Gasteiger partial charge on any atom is 0.217 e. The van der Waals surface area contributed by atoms with E-state index in [1.54, 1.807) is 42.5 Å². The van der Waals surface area contributed by atoms with Crippen molar-refractivity contribution in [1.82, 2.24) is 9.88 Å². The molecule has 0 bridgehead atoms. The average molecular weight is 404 g/mol. The van der Waals surface area contributed by atoms with Crippen LogP contribution in [0.4, 0.5) is 0 Å². The number of aliphatic hydroxyl groups is 1. The number of nitrogens with zero attached hydrogens (tertiary/aromatic N) is 1. The molecule has 3 heterocycles. The van der Waals surface area contributed by atoms with E-state index in [1.165, 1.54) is 23.9 Å². The second-order valence-corrected chi connectivity index (χ2v) is 8.81. The van der Waals surface area contributed by atoms with Gasteiger partial charge in [0, 0.05) is 22.4 Å². The number of sulfonamides is 1. The molecule has 140 valence electrons. The molecule has 2 N–H and O–H groups in total. The molecule has 1 atom stereocenters. The highest BCUT2D eigenvalue weighted by atomic mass is 32.2. The van der Waals surface area contributed by atoms with Gasteiger partial charge in [0.05, 0.1) is 12.5 Å². The van der Waals surface area contributed by atoms with Crippen LogP contribution >= 0.6 is 11.3 Å². The van der Waals surface area contributed by atoms with Gasteiger partial charge in [-0.1, -0.05) is 23.4 Å². The summed E-state index contributed by atoms with van der Waals surface area (Å²) in [6, 6.07) is 12.2. The lowest BCUT2D eigenvalue weighted by atomic mass is 9.95. The van der Waals surface area contributed by atoms with Gasteiger partial charge in [0.25, 0.3) is 0 Å². The van der Waals surface area contributed by atoms with E-state index in [1.807, 2.05) is 5.38 Å². The highest BCUT2D eigenvalue weighted by Crippen LogP contribution is 2.33. The first-order valence-corrected chi connectivity index (χ1v) is 10.6. The van der Waals surface area contributed by atoms with Crippen molar-refractivity contribution in [2.24, 2.45) is 0 Å². The Balaban J connectivity index is 1.57. The van der Waals surface area contributed by atoms with E-state index in [0.29, 0.717) is 27.1 Å². The second-order valence-electron chi connectivity index (χ2n) is 6.06. The van der Waals surface area contributed by atoms with E-state index in [9.17, 15) is 13.5 Å². The van der Waals surface area contributed by atoms with E-state index in [-0.39, 0.29) is 12.3 Å². The molecule has 0 saturated carbocycles. The van der Waals surface area contributed by atoms with E-state index < -0.39 is 15.6 Å². The summed E-state index contributed by atoms with van der Waals surface area (Å²) in [7, 11) is -3.77. The average Bonchev–Trinajstić information content (AvgIpc) is 3.41. The minimum atomic E-state index is -3.77. The molecule has 0 aliphatic heterocycles. The maximum absolute atomic E-state index is 12.6. The van der Waals surface area contributed by atoms with Crippen LogP contribution in [0.25, 0.3) is 11.0 Å². The molecule has 4 rings (SSSR count). The lowest BCUT2D eigenvalue weighted by Crippen LogP contribution is -2.41. The van der Waals surface area contributed by atoms with Gasteiger partial charge in [0.2, 0.25) is 10.0 Å². The lowest BCUT2D eigenvalue weighted by Gasteiger charge is -2.26. The fourth-order valence-electron chi connectivity index (χ4n) is 2.83. The Morgan fingerprint density at radius 2 is 2.04 bits per heavy atom. The SMILES string of the molecule is O=S(=O)(Cc1noc2ccccc12)NCC(O)(c1ccoc1)c1cccs1. The molecule has 27 heavy (non-hydrogen) atoms. The summed E-state index contributed by atoms with van der Waals surface area (Å²) in [5.74, 6) is -0.351. The molecule has 0 amide bonds. The first-order valence-electron chi connectivity index (χ1n) is 8.08. The number of rotatable bonds is 7. The summed E-state index contributed by atoms with van der Waals surface area (Å²) in [6.07, 6.45) is 2.84. The normalized spacial score (nSPS) is 14.4. The number of fused-ring (bicyclic) bond motifs is 1. The lowest BCUT2D eigenvalue weighted by molar-refractivity contribution is 0.0891. The zero-order valence-electron chi connectivity index (χ0n) is 14.0. The molecule has 0 fully saturated rings. The third-order valence-corrected chi connectivity index (χ3v) is 6.51. The Kier molecular flexibility index (Phi) is 4.60. The van der Waals surface area contributed by atoms with E-state index in [0.717, 1.165) is 0 Å². The summed E-state index contributed by atoms with van der Waals surface area (Å²) in [6.45, 7) is -0.231. The molecule has 0 spiro atoms. The smallest absolute Gasteiger partial charge is 0.217 e. The molecule has 1 unspecified atom stereocenters. The van der Waals surface area contributed by atoms with Crippen LogP contribution in [0.5, 0.6) is 0 Å². The number of para-hydroxylation sites is 1. The summed E-state index contributed by atoms with van der Waals surface area (Å²) >= 11 is 1.33. The molecular formula is C18H16N2O5S2. The summed E-state index contributed by atoms with van der Waals surface area (Å²) < 4.78 is 37.9. The molecule has 0 radical (unpaired) electrons. The van der Waals surface area contributed by atoms with E-state index in [2.05, 4.69) is 9.88 Å². The van der Waals surface area contributed by atoms with Gasteiger partial charge >= 0.3 is 0 Å². The van der Waals surface area contributed by atoms with Gasteiger partial charge < -0.3 is 14.0 Å². The highest BCUT2D eigenvalue weighted by Gasteiger charge is 2.35. The first-order chi connectivity index (χ1) is 13.0. The van der Waals surface area contributed by atoms with Crippen LogP contribution in [0, 0.1) is 0 Å². The molecule has 4 aromatic rings. The fraction of sp³-hybridized carbons (Fsp3) is 0.167. The van der Waals surface area contributed by atoms with Crippen LogP contribution < -0.4 is 4.72 Å². The first kappa shape index (κ1) is 17.9. The van der Waals surface area contributed by atoms with Crippen LogP contribution in [0.1, 0.15) is 16.1 Å². The number of furan rings is 1. The Bertz CT molecular complexity index is 1100. The summed E-state index contributed by atoms with van der Waals surface area (Å²) in [5.41, 5.74) is -0.211. The van der Waals surface area contributed by atoms with E-state index >= 15 is 0 Å². The molecule has 0 aliphatic carbocycles. The Labute approximate surface area is 159 Å². The van der Waals surface area contributed by atoms with Crippen molar-refractivity contribution in [2.75, 3.05) is 6.54 Å². The number of hydrogen-bond donors (Lipinski definition) is 2. The predicted molar refractivity (Wildman–Crippen MR) is 101 cm³/mol. The second kappa shape index (κ2) is 6.93. The zero-order chi connectivity index (χ0) is 18.9. The van der Waals surface area contributed by atoms with Crippen molar-refractivity contribution in [3.05, 3.63) is 76.5 Å². The van der Waals surface area contributed by atoms with Crippen LogP contribution in [0.3, 0.4) is 0 Å². The van der Waals surface area contributed by atoms with Gasteiger partial charge in [0.1, 0.15) is 17.0 Å². The monoisotopic (exact) mass is 404 g/mol. The summed E-state index contributed by atoms with van der Waals surface area (Å²) in [5, 5.41) is 17.5. The fourth-order valence-corrected chi connectivity index (χ4v) is 4.78. The number of nitrogens with one attached hydrogen (secondary N) is 1. The van der Waals surface area contributed by atoms with Gasteiger partial charge in [-0.3, -0.25) is 0 Å². The minimum absolute atomic E-state index is 0.231. The van der Waals surface area contributed by atoms with Gasteiger partial charge in [-0.15, -0.1) is 11.3 Å². The standard InChI is InChI=1S/C18H16N2O5S2/c21-18(13-7-8-24-10-13,17-6-3-9-26-17)12-19-27(22,23)11-15-14-4-1-2-5-16(14)25-20-15/h1-10,19,21H,11-12H2. The maximum atomic E-state index is 12.6. The number of benzene rings is 1. The van der Waals surface area contributed by atoms with Gasteiger partial charge in [-0.05, 0) is 29.6 Å². The molecule has 0 aliphatic rings. The Morgan fingerprint density at radius 1 is 1.19 bits per heavy atom. The summed E-state index contributed by atoms with van der Waals surface area (Å²) in [4.78, 5) is 0.610. The van der Waals surface area contributed by atoms with Crippen molar-refractivity contribution in [3.8, 4) is 0 Å². The molecule has 3 aromatic heterocycles. The third kappa shape index (κ3) is 3.54. The number of aromatic nitrogens is 1. The van der Waals surface area contributed by atoms with Gasteiger partial charge in [0.15, 0.2) is 5.58 Å². The minimum Gasteiger partial charge on any atom is -0.472 e. The Hall–Kier alpha value is -2.46. The Morgan fingerprint density at radius 3 is 2.78 bits per heavy atom. The van der Waals surface area contributed by atoms with Crippen molar-refractivity contribution in [2.45, 2.75) is 11.4 Å². The van der Waals surface area contributed by atoms with Crippen LogP contribution in [0.2, 0.25) is 0 Å². The quantitative estimate of drug-likeness (QED) is 0.491. The van der Waals surface area contributed by atoms with E-state index in [4.69, 9.17) is 8.94 Å². The zero-order valence-corrected chi connectivity index (χ0v) is 15.7. The molecule has 0 saturated heterocycles.